The van der Waals surface area contributed by atoms with Gasteiger partial charge in [-0.15, -0.1) is 0 Å². The Bertz CT molecular complexity index is 641. The van der Waals surface area contributed by atoms with Crippen LogP contribution < -0.4 is 5.56 Å². The molecule has 0 aliphatic carbocycles. The molecule has 0 amide bonds. The Morgan fingerprint density at radius 2 is 1.89 bits per heavy atom. The topological polar surface area (TPSA) is 45.8 Å². The zero-order chi connectivity index (χ0) is 13.3. The van der Waals surface area contributed by atoms with Crippen molar-refractivity contribution < 1.29 is 0 Å². The van der Waals surface area contributed by atoms with Gasteiger partial charge in [0.25, 0.3) is 5.56 Å². The number of aryl methyl sites for hydroxylation is 3. The number of benzene rings is 1. The molecule has 3 heteroatoms. The molecule has 0 radical (unpaired) electrons. The monoisotopic (exact) mass is 242 g/mol. The van der Waals surface area contributed by atoms with Crippen molar-refractivity contribution in [3.05, 3.63) is 51.1 Å². The van der Waals surface area contributed by atoms with Crippen LogP contribution in [0.1, 0.15) is 29.4 Å². The van der Waals surface area contributed by atoms with Crippen molar-refractivity contribution >= 4 is 0 Å². The van der Waals surface area contributed by atoms with Gasteiger partial charge in [-0.25, -0.2) is 4.98 Å². The zero-order valence-electron chi connectivity index (χ0n) is 11.3. The SMILES string of the molecule is CCc1nc(-c2ccc(C)c(C)c2)c(C)c(=O)[nH]1. The number of aromatic nitrogens is 2. The quantitative estimate of drug-likeness (QED) is 0.880. The molecule has 0 saturated heterocycles. The normalized spacial score (nSPS) is 10.7. The molecule has 1 N–H and O–H groups in total. The van der Waals surface area contributed by atoms with Crippen molar-refractivity contribution in [3.8, 4) is 11.3 Å². The molecule has 2 rings (SSSR count). The van der Waals surface area contributed by atoms with Crippen molar-refractivity contribution in [2.45, 2.75) is 34.1 Å². The summed E-state index contributed by atoms with van der Waals surface area (Å²) < 4.78 is 0. The molecule has 1 aromatic heterocycles. The van der Waals surface area contributed by atoms with Crippen LogP contribution in [0.25, 0.3) is 11.3 Å². The van der Waals surface area contributed by atoms with Gasteiger partial charge in [-0.2, -0.15) is 0 Å². The summed E-state index contributed by atoms with van der Waals surface area (Å²) in [6, 6.07) is 6.18. The second kappa shape index (κ2) is 4.77. The number of aromatic amines is 1. The Hall–Kier alpha value is -1.90. The third-order valence-corrected chi connectivity index (χ3v) is 3.32. The first-order chi connectivity index (χ1) is 8.52. The number of H-pyrrole nitrogens is 1. The summed E-state index contributed by atoms with van der Waals surface area (Å²) in [5.41, 5.74) is 4.89. The van der Waals surface area contributed by atoms with Gasteiger partial charge >= 0.3 is 0 Å². The summed E-state index contributed by atoms with van der Waals surface area (Å²) in [5, 5.41) is 0. The van der Waals surface area contributed by atoms with Crippen LogP contribution in [-0.4, -0.2) is 9.97 Å². The zero-order valence-corrected chi connectivity index (χ0v) is 11.3. The average Bonchev–Trinajstić information content (AvgIpc) is 2.36. The first-order valence-electron chi connectivity index (χ1n) is 6.20. The number of hydrogen-bond donors (Lipinski definition) is 1. The van der Waals surface area contributed by atoms with Crippen LogP contribution >= 0.6 is 0 Å². The maximum Gasteiger partial charge on any atom is 0.254 e. The van der Waals surface area contributed by atoms with Crippen molar-refractivity contribution in [2.24, 2.45) is 0 Å². The highest BCUT2D eigenvalue weighted by molar-refractivity contribution is 5.63. The van der Waals surface area contributed by atoms with Gasteiger partial charge in [0.05, 0.1) is 5.69 Å². The molecule has 0 fully saturated rings. The third-order valence-electron chi connectivity index (χ3n) is 3.32. The van der Waals surface area contributed by atoms with Gasteiger partial charge in [0.1, 0.15) is 5.82 Å². The lowest BCUT2D eigenvalue weighted by Crippen LogP contribution is -2.15. The molecule has 0 aliphatic rings. The van der Waals surface area contributed by atoms with E-state index in [1.54, 1.807) is 0 Å². The summed E-state index contributed by atoms with van der Waals surface area (Å²) in [4.78, 5) is 19.2. The number of nitrogens with one attached hydrogen (secondary N) is 1. The predicted molar refractivity (Wildman–Crippen MR) is 73.9 cm³/mol. The third kappa shape index (κ3) is 2.21. The maximum absolute atomic E-state index is 11.8. The molecule has 0 spiro atoms. The maximum atomic E-state index is 11.8. The molecule has 1 aromatic carbocycles. The largest absolute Gasteiger partial charge is 0.310 e. The predicted octanol–water partition coefficient (Wildman–Crippen LogP) is 2.92. The molecule has 0 bridgehead atoms. The van der Waals surface area contributed by atoms with Crippen LogP contribution in [0.4, 0.5) is 0 Å². The molecular formula is C15H18N2O. The summed E-state index contributed by atoms with van der Waals surface area (Å²) in [7, 11) is 0. The molecule has 0 aliphatic heterocycles. The van der Waals surface area contributed by atoms with Crippen LogP contribution in [0.15, 0.2) is 23.0 Å². The average molecular weight is 242 g/mol. The summed E-state index contributed by atoms with van der Waals surface area (Å²) in [5.74, 6) is 0.735. The molecule has 94 valence electrons. The highest BCUT2D eigenvalue weighted by atomic mass is 16.1. The Kier molecular flexibility index (Phi) is 3.32. The second-order valence-electron chi connectivity index (χ2n) is 4.64. The van der Waals surface area contributed by atoms with E-state index in [-0.39, 0.29) is 5.56 Å². The van der Waals surface area contributed by atoms with Gasteiger partial charge in [0.15, 0.2) is 0 Å². The van der Waals surface area contributed by atoms with Gasteiger partial charge in [-0.05, 0) is 38.0 Å². The van der Waals surface area contributed by atoms with Crippen molar-refractivity contribution in [1.82, 2.24) is 9.97 Å². The minimum Gasteiger partial charge on any atom is -0.310 e. The van der Waals surface area contributed by atoms with E-state index < -0.39 is 0 Å². The number of hydrogen-bond acceptors (Lipinski definition) is 2. The minimum absolute atomic E-state index is 0.0462. The first kappa shape index (κ1) is 12.6. The van der Waals surface area contributed by atoms with E-state index in [1.807, 2.05) is 19.9 Å². The molecule has 1 heterocycles. The van der Waals surface area contributed by atoms with E-state index in [2.05, 4.69) is 35.9 Å². The van der Waals surface area contributed by atoms with Crippen LogP contribution in [-0.2, 0) is 6.42 Å². The fraction of sp³-hybridized carbons (Fsp3) is 0.333. The number of nitrogens with zero attached hydrogens (tertiary/aromatic N) is 1. The van der Waals surface area contributed by atoms with Gasteiger partial charge < -0.3 is 4.98 Å². The summed E-state index contributed by atoms with van der Waals surface area (Å²) >= 11 is 0. The number of rotatable bonds is 2. The van der Waals surface area contributed by atoms with E-state index in [4.69, 9.17) is 0 Å². The van der Waals surface area contributed by atoms with Gasteiger partial charge in [-0.3, -0.25) is 4.79 Å². The van der Waals surface area contributed by atoms with E-state index >= 15 is 0 Å². The molecule has 0 saturated carbocycles. The lowest BCUT2D eigenvalue weighted by Gasteiger charge is -2.08. The molecule has 2 aromatic rings. The fourth-order valence-corrected chi connectivity index (χ4v) is 1.92. The van der Waals surface area contributed by atoms with Gasteiger partial charge in [0.2, 0.25) is 0 Å². The Labute approximate surface area is 107 Å². The van der Waals surface area contributed by atoms with Crippen molar-refractivity contribution in [2.75, 3.05) is 0 Å². The van der Waals surface area contributed by atoms with E-state index in [0.717, 1.165) is 23.5 Å². The first-order valence-corrected chi connectivity index (χ1v) is 6.20. The molecule has 3 nitrogen and oxygen atoms in total. The Balaban J connectivity index is 2.66. The summed E-state index contributed by atoms with van der Waals surface area (Å²) in [6.07, 6.45) is 0.730. The Morgan fingerprint density at radius 1 is 1.17 bits per heavy atom. The molecule has 0 unspecified atom stereocenters. The van der Waals surface area contributed by atoms with Crippen molar-refractivity contribution in [3.63, 3.8) is 0 Å². The van der Waals surface area contributed by atoms with Crippen molar-refractivity contribution in [1.29, 1.82) is 0 Å². The van der Waals surface area contributed by atoms with E-state index in [9.17, 15) is 4.79 Å². The van der Waals surface area contributed by atoms with Crippen LogP contribution in [0.5, 0.6) is 0 Å². The molecule has 0 atom stereocenters. The van der Waals surface area contributed by atoms with Crippen LogP contribution in [0.2, 0.25) is 0 Å². The van der Waals surface area contributed by atoms with Crippen LogP contribution in [0.3, 0.4) is 0 Å². The lowest BCUT2D eigenvalue weighted by atomic mass is 10.0. The van der Waals surface area contributed by atoms with Gasteiger partial charge in [0, 0.05) is 17.5 Å². The standard InChI is InChI=1S/C15H18N2O/c1-5-13-16-14(11(4)15(18)17-13)12-7-6-9(2)10(3)8-12/h6-8H,5H2,1-4H3,(H,16,17,18). The highest BCUT2D eigenvalue weighted by Crippen LogP contribution is 2.21. The van der Waals surface area contributed by atoms with Gasteiger partial charge in [-0.1, -0.05) is 19.1 Å². The smallest absolute Gasteiger partial charge is 0.254 e. The molecule has 18 heavy (non-hydrogen) atoms. The second-order valence-corrected chi connectivity index (χ2v) is 4.64. The minimum atomic E-state index is -0.0462. The van der Waals surface area contributed by atoms with Crippen LogP contribution in [0, 0.1) is 20.8 Å². The highest BCUT2D eigenvalue weighted by Gasteiger charge is 2.09. The molecular weight excluding hydrogens is 224 g/mol. The Morgan fingerprint density at radius 3 is 2.50 bits per heavy atom. The van der Waals surface area contributed by atoms with E-state index in [0.29, 0.717) is 5.56 Å². The summed E-state index contributed by atoms with van der Waals surface area (Å²) in [6.45, 7) is 7.95. The van der Waals surface area contributed by atoms with E-state index in [1.165, 1.54) is 11.1 Å². The fourth-order valence-electron chi connectivity index (χ4n) is 1.92. The lowest BCUT2D eigenvalue weighted by molar-refractivity contribution is 0.912.